The molecule has 0 saturated carbocycles. The summed E-state index contributed by atoms with van der Waals surface area (Å²) in [7, 11) is 0. The Morgan fingerprint density at radius 1 is 0.769 bits per heavy atom. The Balaban J connectivity index is 0.997. The van der Waals surface area contributed by atoms with Gasteiger partial charge in [0.1, 0.15) is 11.5 Å². The van der Waals surface area contributed by atoms with Gasteiger partial charge < -0.3 is 30.0 Å². The summed E-state index contributed by atoms with van der Waals surface area (Å²) in [5, 5.41) is 16.4. The fraction of sp³-hybridized carbons (Fsp3) is 0.163. The molecule has 1 aliphatic heterocycles. The van der Waals surface area contributed by atoms with Gasteiger partial charge in [-0.1, -0.05) is 97.1 Å². The van der Waals surface area contributed by atoms with Gasteiger partial charge >= 0.3 is 6.03 Å². The maximum Gasteiger partial charge on any atom is 0.319 e. The normalized spacial score (nSPS) is 16.9. The molecule has 0 aliphatic carbocycles. The van der Waals surface area contributed by atoms with Gasteiger partial charge in [-0.15, -0.1) is 11.8 Å². The van der Waals surface area contributed by atoms with Crippen molar-refractivity contribution in [1.82, 2.24) is 10.3 Å². The molecule has 1 fully saturated rings. The van der Waals surface area contributed by atoms with E-state index in [1.807, 2.05) is 127 Å². The highest BCUT2D eigenvalue weighted by atomic mass is 32.2. The van der Waals surface area contributed by atoms with Crippen LogP contribution in [0.2, 0.25) is 0 Å². The standard InChI is InChI=1S/C43H39N3O5S/c47-28-30-13-15-32(16-14-30)40-26-38(29-52-41-12-6-7-25-44-41)50-42(51-40)33-19-17-31(18-20-33)39-11-5-4-8-34(39)27-45-43(48)46-35-21-23-37(24-22-35)49-36-9-2-1-3-10-36/h1-25,38,40,42,47H,26-29H2,(H2,45,46,48). The zero-order chi connectivity index (χ0) is 35.5. The lowest BCUT2D eigenvalue weighted by Crippen LogP contribution is -2.31. The van der Waals surface area contributed by atoms with E-state index < -0.39 is 6.29 Å². The van der Waals surface area contributed by atoms with E-state index in [4.69, 9.17) is 14.2 Å². The van der Waals surface area contributed by atoms with Crippen molar-refractivity contribution in [3.8, 4) is 22.6 Å². The minimum atomic E-state index is -0.556. The van der Waals surface area contributed by atoms with Crippen LogP contribution in [0.3, 0.4) is 0 Å². The molecule has 3 unspecified atom stereocenters. The van der Waals surface area contributed by atoms with Gasteiger partial charge in [0, 0.05) is 36.2 Å². The third-order valence-electron chi connectivity index (χ3n) is 8.71. The third kappa shape index (κ3) is 9.25. The van der Waals surface area contributed by atoms with Crippen LogP contribution in [-0.2, 0) is 22.6 Å². The fourth-order valence-corrected chi connectivity index (χ4v) is 6.87. The Morgan fingerprint density at radius 2 is 1.48 bits per heavy atom. The van der Waals surface area contributed by atoms with Crippen LogP contribution in [0.15, 0.2) is 157 Å². The van der Waals surface area contributed by atoms with E-state index in [0.29, 0.717) is 24.4 Å². The zero-order valence-corrected chi connectivity index (χ0v) is 29.2. The van der Waals surface area contributed by atoms with Gasteiger partial charge in [-0.25, -0.2) is 9.78 Å². The number of aromatic nitrogens is 1. The van der Waals surface area contributed by atoms with E-state index in [9.17, 15) is 9.90 Å². The summed E-state index contributed by atoms with van der Waals surface area (Å²) >= 11 is 1.67. The number of aliphatic hydroxyl groups is 1. The first kappa shape index (κ1) is 35.0. The summed E-state index contributed by atoms with van der Waals surface area (Å²) in [6.07, 6.45) is 1.72. The number of carbonyl (C=O) groups excluding carboxylic acids is 1. The number of carbonyl (C=O) groups is 1. The molecule has 9 heteroatoms. The SMILES string of the molecule is O=C(NCc1ccccc1-c1ccc(C2OC(CSc3ccccn3)CC(c3ccc(CO)cc3)O2)cc1)Nc1ccc(Oc2ccccc2)cc1. The maximum absolute atomic E-state index is 12.8. The Bertz CT molecular complexity index is 2030. The van der Waals surface area contributed by atoms with Crippen LogP contribution in [0.4, 0.5) is 10.5 Å². The number of rotatable bonds is 12. The molecule has 5 aromatic carbocycles. The van der Waals surface area contributed by atoms with Crippen LogP contribution >= 0.6 is 11.8 Å². The van der Waals surface area contributed by atoms with Crippen LogP contribution in [0.25, 0.3) is 11.1 Å². The maximum atomic E-state index is 12.8. The molecule has 8 nitrogen and oxygen atoms in total. The monoisotopic (exact) mass is 709 g/mol. The first-order chi connectivity index (χ1) is 25.6. The van der Waals surface area contributed by atoms with Crippen molar-refractivity contribution in [1.29, 1.82) is 0 Å². The summed E-state index contributed by atoms with van der Waals surface area (Å²) < 4.78 is 18.9. The van der Waals surface area contributed by atoms with E-state index in [-0.39, 0.29) is 24.8 Å². The number of anilines is 1. The first-order valence-corrected chi connectivity index (χ1v) is 18.2. The van der Waals surface area contributed by atoms with Crippen molar-refractivity contribution in [2.75, 3.05) is 11.1 Å². The highest BCUT2D eigenvalue weighted by molar-refractivity contribution is 7.99. The highest BCUT2D eigenvalue weighted by Gasteiger charge is 2.32. The van der Waals surface area contributed by atoms with Crippen LogP contribution < -0.4 is 15.4 Å². The predicted molar refractivity (Wildman–Crippen MR) is 204 cm³/mol. The van der Waals surface area contributed by atoms with Gasteiger partial charge in [-0.05, 0) is 76.3 Å². The average Bonchev–Trinajstić information content (AvgIpc) is 3.21. The van der Waals surface area contributed by atoms with E-state index in [0.717, 1.165) is 49.9 Å². The number of benzene rings is 5. The lowest BCUT2D eigenvalue weighted by Gasteiger charge is -2.36. The zero-order valence-electron chi connectivity index (χ0n) is 28.4. The van der Waals surface area contributed by atoms with E-state index in [1.165, 1.54) is 0 Å². The van der Waals surface area contributed by atoms with Crippen molar-refractivity contribution in [2.45, 2.75) is 43.1 Å². The topological polar surface area (TPSA) is 102 Å². The number of hydrogen-bond donors (Lipinski definition) is 3. The quantitative estimate of drug-likeness (QED) is 0.109. The summed E-state index contributed by atoms with van der Waals surface area (Å²) in [6.45, 7) is 0.347. The van der Waals surface area contributed by atoms with Gasteiger partial charge in [0.2, 0.25) is 0 Å². The molecule has 262 valence electrons. The molecule has 0 radical (unpaired) electrons. The van der Waals surface area contributed by atoms with Gasteiger partial charge in [0.15, 0.2) is 6.29 Å². The molecule has 0 bridgehead atoms. The van der Waals surface area contributed by atoms with Crippen molar-refractivity contribution >= 4 is 23.5 Å². The fourth-order valence-electron chi connectivity index (χ4n) is 5.99. The lowest BCUT2D eigenvalue weighted by atomic mass is 9.98. The number of ether oxygens (including phenoxy) is 3. The molecule has 6 aromatic rings. The summed E-state index contributed by atoms with van der Waals surface area (Å²) in [6, 6.07) is 46.6. The number of urea groups is 1. The molecular weight excluding hydrogens is 671 g/mol. The minimum absolute atomic E-state index is 0.0000999. The molecule has 3 atom stereocenters. The Kier molecular flexibility index (Phi) is 11.6. The second-order valence-electron chi connectivity index (χ2n) is 12.4. The number of nitrogens with one attached hydrogen (secondary N) is 2. The number of pyridine rings is 1. The molecule has 2 heterocycles. The number of hydrogen-bond acceptors (Lipinski definition) is 7. The Labute approximate surface area is 307 Å². The van der Waals surface area contributed by atoms with Crippen molar-refractivity contribution in [3.05, 3.63) is 174 Å². The van der Waals surface area contributed by atoms with Crippen LogP contribution in [0, 0.1) is 0 Å². The van der Waals surface area contributed by atoms with Gasteiger partial charge in [0.05, 0.1) is 23.8 Å². The van der Waals surface area contributed by atoms with Gasteiger partial charge in [-0.3, -0.25) is 0 Å². The van der Waals surface area contributed by atoms with Crippen LogP contribution in [-0.4, -0.2) is 28.0 Å². The van der Waals surface area contributed by atoms with E-state index in [1.54, 1.807) is 18.0 Å². The lowest BCUT2D eigenvalue weighted by molar-refractivity contribution is -0.245. The molecule has 1 aliphatic rings. The molecule has 52 heavy (non-hydrogen) atoms. The smallest absolute Gasteiger partial charge is 0.319 e. The van der Waals surface area contributed by atoms with Crippen LogP contribution in [0.5, 0.6) is 11.5 Å². The van der Waals surface area contributed by atoms with Crippen molar-refractivity contribution < 1.29 is 24.1 Å². The van der Waals surface area contributed by atoms with Gasteiger partial charge in [-0.2, -0.15) is 0 Å². The summed E-state index contributed by atoms with van der Waals surface area (Å²) in [4.78, 5) is 17.3. The van der Waals surface area contributed by atoms with Crippen molar-refractivity contribution in [3.63, 3.8) is 0 Å². The molecule has 0 spiro atoms. The van der Waals surface area contributed by atoms with E-state index in [2.05, 4.69) is 33.8 Å². The number of nitrogens with zero attached hydrogens (tertiary/aromatic N) is 1. The predicted octanol–water partition coefficient (Wildman–Crippen LogP) is 9.69. The second kappa shape index (κ2) is 17.2. The van der Waals surface area contributed by atoms with E-state index >= 15 is 0 Å². The molecule has 7 rings (SSSR count). The van der Waals surface area contributed by atoms with Crippen molar-refractivity contribution in [2.24, 2.45) is 0 Å². The largest absolute Gasteiger partial charge is 0.457 e. The third-order valence-corrected chi connectivity index (χ3v) is 9.79. The molecule has 2 amide bonds. The molecule has 1 aromatic heterocycles. The van der Waals surface area contributed by atoms with Crippen LogP contribution in [0.1, 0.15) is 41.1 Å². The highest BCUT2D eigenvalue weighted by Crippen LogP contribution is 2.40. The summed E-state index contributed by atoms with van der Waals surface area (Å²) in [5.74, 6) is 2.18. The first-order valence-electron chi connectivity index (χ1n) is 17.2. The molecular formula is C43H39N3O5S. The van der Waals surface area contributed by atoms with Gasteiger partial charge in [0.25, 0.3) is 0 Å². The Morgan fingerprint density at radius 3 is 2.23 bits per heavy atom. The average molecular weight is 710 g/mol. The molecule has 3 N–H and O–H groups in total. The second-order valence-corrected chi connectivity index (χ2v) is 13.4. The minimum Gasteiger partial charge on any atom is -0.457 e. The number of aliphatic hydroxyl groups excluding tert-OH is 1. The number of para-hydroxylation sites is 1. The summed E-state index contributed by atoms with van der Waals surface area (Å²) in [5.41, 5.74) is 6.52. The Hall–Kier alpha value is -5.45. The number of thioether (sulfide) groups is 1. The molecule has 1 saturated heterocycles. The number of amides is 2.